The van der Waals surface area contributed by atoms with Gasteiger partial charge < -0.3 is 20.3 Å². The van der Waals surface area contributed by atoms with Crippen LogP contribution in [0.25, 0.3) is 0 Å². The van der Waals surface area contributed by atoms with E-state index in [0.29, 0.717) is 11.1 Å². The van der Waals surface area contributed by atoms with E-state index in [1.165, 1.54) is 6.92 Å². The molecule has 138 valence electrons. The molecule has 6 heteroatoms. The Kier molecular flexibility index (Phi) is 6.89. The Hall–Kier alpha value is -2.70. The van der Waals surface area contributed by atoms with Crippen LogP contribution in [0.15, 0.2) is 48.5 Å². The van der Waals surface area contributed by atoms with Crippen LogP contribution in [0.3, 0.4) is 0 Å². The Morgan fingerprint density at radius 3 is 2.46 bits per heavy atom. The van der Waals surface area contributed by atoms with Crippen LogP contribution in [0.4, 0.5) is 4.79 Å². The van der Waals surface area contributed by atoms with Gasteiger partial charge in [0.25, 0.3) is 0 Å². The molecule has 0 bridgehead atoms. The molecule has 1 amide bonds. The summed E-state index contributed by atoms with van der Waals surface area (Å²) in [5.41, 5.74) is 2.49. The van der Waals surface area contributed by atoms with Crippen molar-refractivity contribution in [3.8, 4) is 0 Å². The molecule has 2 unspecified atom stereocenters. The molecule has 0 saturated carbocycles. The van der Waals surface area contributed by atoms with Gasteiger partial charge in [0, 0.05) is 12.1 Å². The van der Waals surface area contributed by atoms with Gasteiger partial charge in [0.15, 0.2) is 5.78 Å². The van der Waals surface area contributed by atoms with E-state index in [-0.39, 0.29) is 18.9 Å². The second-order valence-corrected chi connectivity index (χ2v) is 6.08. The maximum Gasteiger partial charge on any atom is 0.407 e. The largest absolute Gasteiger partial charge is 0.445 e. The summed E-state index contributed by atoms with van der Waals surface area (Å²) in [5, 5.41) is 22.9. The molecule has 2 rings (SSSR count). The van der Waals surface area contributed by atoms with E-state index in [1.807, 2.05) is 30.3 Å². The molecule has 0 aliphatic rings. The molecule has 0 fully saturated rings. The molecule has 0 spiro atoms. The molecule has 0 radical (unpaired) electrons. The summed E-state index contributed by atoms with van der Waals surface area (Å²) < 4.78 is 5.05. The summed E-state index contributed by atoms with van der Waals surface area (Å²) >= 11 is 0. The van der Waals surface area contributed by atoms with Gasteiger partial charge >= 0.3 is 6.09 Å². The smallest absolute Gasteiger partial charge is 0.407 e. The quantitative estimate of drug-likeness (QED) is 0.662. The third-order valence-corrected chi connectivity index (χ3v) is 4.04. The summed E-state index contributed by atoms with van der Waals surface area (Å²) in [4.78, 5) is 23.2. The highest BCUT2D eigenvalue weighted by Gasteiger charge is 2.21. The number of rotatable bonds is 7. The summed E-state index contributed by atoms with van der Waals surface area (Å²) in [7, 11) is 0. The number of aliphatic hydroxyl groups excluding tert-OH is 2. The molecule has 0 heterocycles. The summed E-state index contributed by atoms with van der Waals surface area (Å²) in [6, 6.07) is 14.1. The number of carbonyl (C=O) groups excluding carboxylic acids is 2. The topological polar surface area (TPSA) is 95.9 Å². The van der Waals surface area contributed by atoms with E-state index in [1.54, 1.807) is 25.1 Å². The van der Waals surface area contributed by atoms with Crippen molar-refractivity contribution in [2.45, 2.75) is 32.7 Å². The molecule has 3 N–H and O–H groups in total. The lowest BCUT2D eigenvalue weighted by molar-refractivity contribution is 0.0180. The molecule has 6 nitrogen and oxygen atoms in total. The zero-order valence-corrected chi connectivity index (χ0v) is 14.8. The van der Waals surface area contributed by atoms with Crippen LogP contribution in [0, 0.1) is 6.92 Å². The molecule has 26 heavy (non-hydrogen) atoms. The average molecular weight is 357 g/mol. The predicted molar refractivity (Wildman–Crippen MR) is 96.8 cm³/mol. The van der Waals surface area contributed by atoms with Gasteiger partial charge in [-0.2, -0.15) is 0 Å². The van der Waals surface area contributed by atoms with Crippen LogP contribution >= 0.6 is 0 Å². The van der Waals surface area contributed by atoms with Crippen molar-refractivity contribution in [3.05, 3.63) is 70.8 Å². The lowest BCUT2D eigenvalue weighted by Gasteiger charge is -2.20. The van der Waals surface area contributed by atoms with Gasteiger partial charge in [-0.25, -0.2) is 4.79 Å². The van der Waals surface area contributed by atoms with E-state index in [4.69, 9.17) is 4.74 Å². The van der Waals surface area contributed by atoms with Crippen LogP contribution in [-0.4, -0.2) is 34.7 Å². The third kappa shape index (κ3) is 5.40. The predicted octanol–water partition coefficient (Wildman–Crippen LogP) is 2.52. The normalized spacial score (nSPS) is 12.9. The van der Waals surface area contributed by atoms with Crippen LogP contribution in [0.1, 0.15) is 40.1 Å². The number of benzene rings is 2. The Balaban J connectivity index is 1.88. The monoisotopic (exact) mass is 357 g/mol. The molecule has 0 aliphatic heterocycles. The van der Waals surface area contributed by atoms with Gasteiger partial charge in [-0.05, 0) is 36.6 Å². The van der Waals surface area contributed by atoms with Crippen LogP contribution in [-0.2, 0) is 11.3 Å². The Morgan fingerprint density at radius 2 is 1.81 bits per heavy atom. The van der Waals surface area contributed by atoms with Crippen molar-refractivity contribution in [2.24, 2.45) is 0 Å². The first-order valence-corrected chi connectivity index (χ1v) is 8.30. The van der Waals surface area contributed by atoms with Crippen molar-refractivity contribution in [2.75, 3.05) is 6.54 Å². The van der Waals surface area contributed by atoms with Gasteiger partial charge in [0.05, 0.1) is 0 Å². The average Bonchev–Trinajstić information content (AvgIpc) is 2.64. The first-order chi connectivity index (χ1) is 12.4. The molecule has 0 saturated heterocycles. The summed E-state index contributed by atoms with van der Waals surface area (Å²) in [6.07, 6.45) is -3.15. The molecule has 0 aliphatic carbocycles. The number of aliphatic hydroxyl groups is 2. The maximum atomic E-state index is 11.7. The van der Waals surface area contributed by atoms with E-state index >= 15 is 0 Å². The fourth-order valence-corrected chi connectivity index (χ4v) is 2.46. The minimum atomic E-state index is -1.24. The fourth-order valence-electron chi connectivity index (χ4n) is 2.46. The van der Waals surface area contributed by atoms with Crippen molar-refractivity contribution >= 4 is 11.9 Å². The summed E-state index contributed by atoms with van der Waals surface area (Å²) in [6.45, 7) is 3.14. The molecular formula is C20H23NO5. The molecule has 2 aromatic rings. The third-order valence-electron chi connectivity index (χ3n) is 4.04. The van der Waals surface area contributed by atoms with Gasteiger partial charge in [0.2, 0.25) is 0 Å². The Bertz CT molecular complexity index is 760. The minimum Gasteiger partial charge on any atom is -0.445 e. The van der Waals surface area contributed by atoms with Crippen molar-refractivity contribution in [1.82, 2.24) is 5.32 Å². The van der Waals surface area contributed by atoms with Crippen molar-refractivity contribution in [3.63, 3.8) is 0 Å². The van der Waals surface area contributed by atoms with Crippen LogP contribution < -0.4 is 5.32 Å². The van der Waals surface area contributed by atoms with Crippen molar-refractivity contribution in [1.29, 1.82) is 0 Å². The second-order valence-electron chi connectivity index (χ2n) is 6.08. The number of ether oxygens (including phenoxy) is 1. The molecular weight excluding hydrogens is 334 g/mol. The highest BCUT2D eigenvalue weighted by Crippen LogP contribution is 2.22. The number of hydrogen-bond acceptors (Lipinski definition) is 5. The zero-order valence-electron chi connectivity index (χ0n) is 14.8. The van der Waals surface area contributed by atoms with Gasteiger partial charge in [0.1, 0.15) is 18.8 Å². The molecule has 0 aromatic heterocycles. The Morgan fingerprint density at radius 1 is 1.12 bits per heavy atom. The number of ketones is 1. The van der Waals surface area contributed by atoms with E-state index in [9.17, 15) is 19.8 Å². The number of nitrogens with one attached hydrogen (secondary N) is 1. The van der Waals surface area contributed by atoms with E-state index < -0.39 is 18.3 Å². The second kappa shape index (κ2) is 9.12. The van der Waals surface area contributed by atoms with Crippen LogP contribution in [0.5, 0.6) is 0 Å². The molecule has 2 atom stereocenters. The standard InChI is InChI=1S/C20H23NO5/c1-13-8-9-16(14(2)22)10-17(13)19(24)18(23)11-21-20(25)26-12-15-6-4-3-5-7-15/h3-10,18-19,23-24H,11-12H2,1-2H3,(H,21,25). The minimum absolute atomic E-state index is 0.116. The SMILES string of the molecule is CC(=O)c1ccc(C)c(C(O)C(O)CNC(=O)OCc2ccccc2)c1. The molecule has 2 aromatic carbocycles. The summed E-state index contributed by atoms with van der Waals surface area (Å²) in [5.74, 6) is -0.129. The van der Waals surface area contributed by atoms with Crippen LogP contribution in [0.2, 0.25) is 0 Å². The number of alkyl carbamates (subject to hydrolysis) is 1. The zero-order chi connectivity index (χ0) is 19.1. The number of hydrogen-bond donors (Lipinski definition) is 3. The highest BCUT2D eigenvalue weighted by molar-refractivity contribution is 5.94. The van der Waals surface area contributed by atoms with Gasteiger partial charge in [-0.3, -0.25) is 4.79 Å². The Labute approximate surface area is 152 Å². The fraction of sp³-hybridized carbons (Fsp3) is 0.300. The lowest BCUT2D eigenvalue weighted by atomic mass is 9.96. The first-order valence-electron chi connectivity index (χ1n) is 8.30. The number of Topliss-reactive ketones (excluding diaryl/α,β-unsaturated/α-hetero) is 1. The number of aryl methyl sites for hydroxylation is 1. The first kappa shape index (κ1) is 19.6. The van der Waals surface area contributed by atoms with E-state index in [0.717, 1.165) is 11.1 Å². The number of amides is 1. The highest BCUT2D eigenvalue weighted by atomic mass is 16.5. The van der Waals surface area contributed by atoms with Crippen molar-refractivity contribution < 1.29 is 24.5 Å². The van der Waals surface area contributed by atoms with Gasteiger partial charge in [-0.15, -0.1) is 0 Å². The maximum absolute atomic E-state index is 11.7. The van der Waals surface area contributed by atoms with Gasteiger partial charge in [-0.1, -0.05) is 42.5 Å². The van der Waals surface area contributed by atoms with E-state index in [2.05, 4.69) is 5.32 Å². The number of carbonyl (C=O) groups is 2. The lowest BCUT2D eigenvalue weighted by Crippen LogP contribution is -2.36.